The van der Waals surface area contributed by atoms with Gasteiger partial charge in [0.25, 0.3) is 5.95 Å². The van der Waals surface area contributed by atoms with Crippen molar-refractivity contribution in [3.8, 4) is 5.95 Å². The molecule has 0 fully saturated rings. The summed E-state index contributed by atoms with van der Waals surface area (Å²) in [5.41, 5.74) is 0.985. The third-order valence-corrected chi connectivity index (χ3v) is 3.30. The van der Waals surface area contributed by atoms with Gasteiger partial charge in [-0.25, -0.2) is 0 Å². The number of allylic oxidation sites excluding steroid dienone is 1. The first kappa shape index (κ1) is 14.1. The van der Waals surface area contributed by atoms with E-state index in [9.17, 15) is 4.79 Å². The third kappa shape index (κ3) is 3.00. The molecule has 1 aromatic carbocycles. The second kappa shape index (κ2) is 6.23. The van der Waals surface area contributed by atoms with Crippen molar-refractivity contribution in [3.05, 3.63) is 43.6 Å². The fourth-order valence-corrected chi connectivity index (χ4v) is 2.26. The zero-order valence-electron chi connectivity index (χ0n) is 10.9. The smallest absolute Gasteiger partial charge is 0.296 e. The Bertz CT molecular complexity index is 671. The highest BCUT2D eigenvalue weighted by Crippen LogP contribution is 2.24. The molecule has 0 atom stereocenters. The Morgan fingerprint density at radius 1 is 1.42 bits per heavy atom. The van der Waals surface area contributed by atoms with Gasteiger partial charge in [0.15, 0.2) is 0 Å². The summed E-state index contributed by atoms with van der Waals surface area (Å²) in [6.07, 6.45) is 4.41. The predicted molar refractivity (Wildman–Crippen MR) is 85.7 cm³/mol. The lowest BCUT2D eigenvalue weighted by Crippen LogP contribution is -2.09. The number of fused-ring (bicyclic) bond motifs is 1. The standard InChI is InChI=1S/C15H15IO3/c1-3-5-11-14(17)12-9-10(16)6-7-13(12)19-15(11)18-8-4-2/h3,5-7,9H,4,8H2,1-2H3/b5-3+. The lowest BCUT2D eigenvalue weighted by atomic mass is 10.1. The van der Waals surface area contributed by atoms with E-state index in [1.807, 2.05) is 32.1 Å². The van der Waals surface area contributed by atoms with Crippen molar-refractivity contribution >= 4 is 39.6 Å². The van der Waals surface area contributed by atoms with Crippen molar-refractivity contribution in [2.24, 2.45) is 0 Å². The SMILES string of the molecule is C/C=C/c1c(OCCC)oc2ccc(I)cc2c1=O. The van der Waals surface area contributed by atoms with Crippen LogP contribution in [0.3, 0.4) is 0 Å². The molecule has 2 aromatic rings. The van der Waals surface area contributed by atoms with E-state index in [2.05, 4.69) is 22.6 Å². The summed E-state index contributed by atoms with van der Waals surface area (Å²) in [7, 11) is 0. The molecule has 3 nitrogen and oxygen atoms in total. The van der Waals surface area contributed by atoms with Crippen LogP contribution in [0, 0.1) is 3.57 Å². The average Bonchev–Trinajstić information content (AvgIpc) is 2.41. The van der Waals surface area contributed by atoms with E-state index < -0.39 is 0 Å². The molecule has 0 bridgehead atoms. The Hall–Kier alpha value is -1.30. The summed E-state index contributed by atoms with van der Waals surface area (Å²) in [5.74, 6) is 0.304. The van der Waals surface area contributed by atoms with Gasteiger partial charge in [0.1, 0.15) is 11.1 Å². The first-order chi connectivity index (χ1) is 9.17. The molecule has 1 heterocycles. The molecule has 0 saturated carbocycles. The zero-order chi connectivity index (χ0) is 13.8. The fourth-order valence-electron chi connectivity index (χ4n) is 1.77. The van der Waals surface area contributed by atoms with Crippen molar-refractivity contribution in [1.29, 1.82) is 0 Å². The van der Waals surface area contributed by atoms with Crippen molar-refractivity contribution in [2.75, 3.05) is 6.61 Å². The van der Waals surface area contributed by atoms with Gasteiger partial charge in [0, 0.05) is 3.57 Å². The van der Waals surface area contributed by atoms with E-state index in [-0.39, 0.29) is 5.43 Å². The first-order valence-corrected chi connectivity index (χ1v) is 7.27. The average molecular weight is 370 g/mol. The maximum absolute atomic E-state index is 12.5. The minimum Gasteiger partial charge on any atom is -0.465 e. The second-order valence-corrected chi connectivity index (χ2v) is 5.37. The van der Waals surface area contributed by atoms with Gasteiger partial charge in [0.2, 0.25) is 5.43 Å². The highest BCUT2D eigenvalue weighted by molar-refractivity contribution is 14.1. The Labute approximate surface area is 125 Å². The summed E-state index contributed by atoms with van der Waals surface area (Å²) in [5, 5.41) is 0.587. The highest BCUT2D eigenvalue weighted by atomic mass is 127. The van der Waals surface area contributed by atoms with Gasteiger partial charge in [-0.15, -0.1) is 0 Å². The summed E-state index contributed by atoms with van der Waals surface area (Å²) < 4.78 is 12.3. The van der Waals surface area contributed by atoms with Crippen LogP contribution in [0.5, 0.6) is 5.95 Å². The summed E-state index contributed by atoms with van der Waals surface area (Å²) in [4.78, 5) is 12.5. The number of rotatable bonds is 4. The molecule has 100 valence electrons. The Morgan fingerprint density at radius 2 is 2.21 bits per heavy atom. The molecule has 0 radical (unpaired) electrons. The number of benzene rings is 1. The molecule has 0 saturated heterocycles. The monoisotopic (exact) mass is 370 g/mol. The van der Waals surface area contributed by atoms with Crippen molar-refractivity contribution in [2.45, 2.75) is 20.3 Å². The number of halogens is 1. The molecule has 0 amide bonds. The molecule has 0 aliphatic rings. The second-order valence-electron chi connectivity index (χ2n) is 4.12. The third-order valence-electron chi connectivity index (χ3n) is 2.62. The molecule has 0 spiro atoms. The van der Waals surface area contributed by atoms with Gasteiger partial charge in [-0.2, -0.15) is 0 Å². The van der Waals surface area contributed by atoms with Gasteiger partial charge in [-0.3, -0.25) is 4.79 Å². The Kier molecular flexibility index (Phi) is 4.63. The lowest BCUT2D eigenvalue weighted by molar-refractivity contribution is 0.245. The van der Waals surface area contributed by atoms with E-state index in [1.54, 1.807) is 12.1 Å². The highest BCUT2D eigenvalue weighted by Gasteiger charge is 2.13. The minimum absolute atomic E-state index is 0.0519. The lowest BCUT2D eigenvalue weighted by Gasteiger charge is -2.08. The van der Waals surface area contributed by atoms with Crippen LogP contribution in [0.4, 0.5) is 0 Å². The fraction of sp³-hybridized carbons (Fsp3) is 0.267. The van der Waals surface area contributed by atoms with Crippen LogP contribution in [-0.2, 0) is 0 Å². The maximum Gasteiger partial charge on any atom is 0.296 e. The molecule has 0 aliphatic heterocycles. The number of ether oxygens (including phenoxy) is 1. The molecule has 1 aromatic heterocycles. The van der Waals surface area contributed by atoms with Crippen LogP contribution in [0.15, 0.2) is 33.5 Å². The number of hydrogen-bond donors (Lipinski definition) is 0. The maximum atomic E-state index is 12.5. The van der Waals surface area contributed by atoms with Crippen LogP contribution in [-0.4, -0.2) is 6.61 Å². The largest absolute Gasteiger partial charge is 0.465 e. The van der Waals surface area contributed by atoms with Crippen LogP contribution in [0.25, 0.3) is 17.0 Å². The molecular weight excluding hydrogens is 355 g/mol. The minimum atomic E-state index is -0.0519. The van der Waals surface area contributed by atoms with Gasteiger partial charge >= 0.3 is 0 Å². The van der Waals surface area contributed by atoms with E-state index in [1.165, 1.54) is 0 Å². The normalized spacial score (nSPS) is 11.3. The van der Waals surface area contributed by atoms with Crippen LogP contribution in [0.1, 0.15) is 25.8 Å². The van der Waals surface area contributed by atoms with E-state index in [0.717, 1.165) is 9.99 Å². The van der Waals surface area contributed by atoms with Crippen molar-refractivity contribution in [3.63, 3.8) is 0 Å². The predicted octanol–water partition coefficient (Wildman–Crippen LogP) is 4.22. The van der Waals surface area contributed by atoms with Gasteiger partial charge in [0.05, 0.1) is 12.0 Å². The van der Waals surface area contributed by atoms with Gasteiger partial charge in [-0.05, 0) is 60.2 Å². The summed E-state index contributed by atoms with van der Waals surface area (Å²) in [6.45, 7) is 4.40. The Morgan fingerprint density at radius 3 is 2.89 bits per heavy atom. The van der Waals surface area contributed by atoms with Gasteiger partial charge in [-0.1, -0.05) is 13.0 Å². The summed E-state index contributed by atoms with van der Waals surface area (Å²) >= 11 is 2.18. The van der Waals surface area contributed by atoms with E-state index in [4.69, 9.17) is 9.15 Å². The topological polar surface area (TPSA) is 39.4 Å². The van der Waals surface area contributed by atoms with Crippen LogP contribution >= 0.6 is 22.6 Å². The molecular formula is C15H15IO3. The van der Waals surface area contributed by atoms with Gasteiger partial charge < -0.3 is 9.15 Å². The molecule has 2 rings (SSSR count). The quantitative estimate of drug-likeness (QED) is 0.757. The molecule has 19 heavy (non-hydrogen) atoms. The molecule has 4 heteroatoms. The van der Waals surface area contributed by atoms with E-state index >= 15 is 0 Å². The molecule has 0 aliphatic carbocycles. The first-order valence-electron chi connectivity index (χ1n) is 6.19. The van der Waals surface area contributed by atoms with Crippen LogP contribution in [0.2, 0.25) is 0 Å². The molecule has 0 unspecified atom stereocenters. The van der Waals surface area contributed by atoms with Crippen LogP contribution < -0.4 is 10.2 Å². The Balaban J connectivity index is 2.70. The molecule has 0 N–H and O–H groups in total. The zero-order valence-corrected chi connectivity index (χ0v) is 13.1. The summed E-state index contributed by atoms with van der Waals surface area (Å²) in [6, 6.07) is 5.54. The van der Waals surface area contributed by atoms with Crippen molar-refractivity contribution in [1.82, 2.24) is 0 Å². The van der Waals surface area contributed by atoms with E-state index in [0.29, 0.717) is 29.1 Å². The van der Waals surface area contributed by atoms with Crippen molar-refractivity contribution < 1.29 is 9.15 Å². The number of hydrogen-bond acceptors (Lipinski definition) is 3.